The molecule has 0 saturated carbocycles. The van der Waals surface area contributed by atoms with Crippen LogP contribution in [0, 0.1) is 0 Å². The van der Waals surface area contributed by atoms with Crippen molar-refractivity contribution in [3.05, 3.63) is 0 Å². The third kappa shape index (κ3) is 27.2. The van der Waals surface area contributed by atoms with Gasteiger partial charge in [-0.2, -0.15) is 27.4 Å². The molecule has 0 bridgehead atoms. The van der Waals surface area contributed by atoms with Crippen molar-refractivity contribution in [1.82, 2.24) is 0 Å². The van der Waals surface area contributed by atoms with Crippen LogP contribution in [0.2, 0.25) is 0 Å². The number of hydrogen-bond acceptors (Lipinski definition) is 12. The Morgan fingerprint density at radius 3 is 1.42 bits per heavy atom. The van der Waals surface area contributed by atoms with Crippen molar-refractivity contribution in [3.8, 4) is 0 Å². The Labute approximate surface area is 313 Å². The van der Waals surface area contributed by atoms with E-state index in [0.717, 1.165) is 77.0 Å². The fourth-order valence-corrected chi connectivity index (χ4v) is 8.43. The lowest BCUT2D eigenvalue weighted by Crippen LogP contribution is -2.33. The molecule has 5 atom stereocenters. The SMILES string of the molecule is CCCCCCCCC(C(O)CCCCCCCC(=O)OO)S(=O)(=O)O.CCCCCCCCC1OC1C(CCCCCCC(=O)OO)S(=O)(=O)O. The number of aliphatic hydroxyl groups excluding tert-OH is 1. The first-order chi connectivity index (χ1) is 24.7. The molecule has 0 amide bonds. The first kappa shape index (κ1) is 50.6. The summed E-state index contributed by atoms with van der Waals surface area (Å²) in [7, 11) is -8.37. The molecular weight excluding hydrogens is 721 g/mol. The third-order valence-electron chi connectivity index (χ3n) is 9.57. The van der Waals surface area contributed by atoms with Crippen LogP contribution in [0.5, 0.6) is 0 Å². The minimum atomic E-state index is -4.25. The van der Waals surface area contributed by atoms with E-state index in [-0.39, 0.29) is 31.5 Å². The average molecular weight is 791 g/mol. The number of aliphatic hydroxyl groups is 1. The monoisotopic (exact) mass is 790 g/mol. The first-order valence-corrected chi connectivity index (χ1v) is 22.7. The van der Waals surface area contributed by atoms with E-state index in [1.807, 2.05) is 0 Å². The van der Waals surface area contributed by atoms with Crippen LogP contribution in [-0.2, 0) is 44.3 Å². The second-order valence-electron chi connectivity index (χ2n) is 14.1. The predicted molar refractivity (Wildman–Crippen MR) is 199 cm³/mol. The van der Waals surface area contributed by atoms with Crippen molar-refractivity contribution < 1.29 is 65.7 Å². The van der Waals surface area contributed by atoms with Gasteiger partial charge in [-0.15, -0.1) is 0 Å². The van der Waals surface area contributed by atoms with Crippen molar-refractivity contribution in [2.24, 2.45) is 0 Å². The second kappa shape index (κ2) is 30.9. The van der Waals surface area contributed by atoms with Gasteiger partial charge in [0.25, 0.3) is 20.2 Å². The predicted octanol–water partition coefficient (Wildman–Crippen LogP) is 8.22. The van der Waals surface area contributed by atoms with Gasteiger partial charge in [0, 0.05) is 12.8 Å². The Balaban J connectivity index is 0.00000100. The highest BCUT2D eigenvalue weighted by atomic mass is 32.2. The molecule has 0 aromatic rings. The van der Waals surface area contributed by atoms with Crippen molar-refractivity contribution >= 4 is 32.2 Å². The van der Waals surface area contributed by atoms with E-state index >= 15 is 0 Å². The summed E-state index contributed by atoms with van der Waals surface area (Å²) < 4.78 is 70.8. The number of hydrogen-bond donors (Lipinski definition) is 5. The van der Waals surface area contributed by atoms with E-state index in [1.54, 1.807) is 0 Å². The minimum absolute atomic E-state index is 0.0487. The lowest BCUT2D eigenvalue weighted by atomic mass is 10.0. The summed E-state index contributed by atoms with van der Waals surface area (Å²) in [6, 6.07) is 0. The molecule has 1 fully saturated rings. The van der Waals surface area contributed by atoms with Gasteiger partial charge >= 0.3 is 11.9 Å². The molecule has 0 radical (unpaired) electrons. The van der Waals surface area contributed by atoms with Crippen molar-refractivity contribution in [3.63, 3.8) is 0 Å². The summed E-state index contributed by atoms with van der Waals surface area (Å²) in [5.41, 5.74) is 0. The van der Waals surface area contributed by atoms with Gasteiger partial charge in [-0.3, -0.25) is 9.11 Å². The van der Waals surface area contributed by atoms with Crippen molar-refractivity contribution in [2.75, 3.05) is 0 Å². The van der Waals surface area contributed by atoms with E-state index in [2.05, 4.69) is 23.6 Å². The molecule has 0 aliphatic carbocycles. The minimum Gasteiger partial charge on any atom is -0.392 e. The molecule has 14 nitrogen and oxygen atoms in total. The highest BCUT2D eigenvalue weighted by Gasteiger charge is 2.49. The van der Waals surface area contributed by atoms with Gasteiger partial charge in [0.15, 0.2) is 0 Å². The Hall–Kier alpha value is -1.40. The van der Waals surface area contributed by atoms with E-state index in [9.17, 15) is 40.6 Å². The van der Waals surface area contributed by atoms with Gasteiger partial charge in [0.2, 0.25) is 0 Å². The lowest BCUT2D eigenvalue weighted by Gasteiger charge is -2.20. The summed E-state index contributed by atoms with van der Waals surface area (Å²) >= 11 is 0. The molecule has 5 unspecified atom stereocenters. The van der Waals surface area contributed by atoms with Gasteiger partial charge < -0.3 is 19.6 Å². The van der Waals surface area contributed by atoms with E-state index in [1.165, 1.54) is 32.1 Å². The van der Waals surface area contributed by atoms with Crippen LogP contribution in [0.1, 0.15) is 187 Å². The second-order valence-corrected chi connectivity index (χ2v) is 17.4. The molecule has 1 aliphatic rings. The zero-order valence-corrected chi connectivity index (χ0v) is 33.3. The largest absolute Gasteiger partial charge is 0.392 e. The summed E-state index contributed by atoms with van der Waals surface area (Å²) in [6.45, 7) is 4.31. The van der Waals surface area contributed by atoms with E-state index < -0.39 is 48.8 Å². The van der Waals surface area contributed by atoms with Crippen LogP contribution < -0.4 is 0 Å². The molecular formula is C36H70O14S2. The molecule has 5 N–H and O–H groups in total. The van der Waals surface area contributed by atoms with Gasteiger partial charge in [-0.25, -0.2) is 9.59 Å². The van der Waals surface area contributed by atoms with Crippen LogP contribution in [-0.4, -0.2) is 82.3 Å². The van der Waals surface area contributed by atoms with E-state index in [0.29, 0.717) is 44.9 Å². The highest BCUT2D eigenvalue weighted by Crippen LogP contribution is 2.35. The maximum absolute atomic E-state index is 11.6. The quantitative estimate of drug-likeness (QED) is 0.0139. The molecule has 0 aromatic carbocycles. The number of carbonyl (C=O) groups excluding carboxylic acids is 2. The number of rotatable bonds is 33. The van der Waals surface area contributed by atoms with Crippen LogP contribution in [0.15, 0.2) is 0 Å². The third-order valence-corrected chi connectivity index (χ3v) is 12.2. The number of unbranched alkanes of at least 4 members (excludes halogenated alkanes) is 17. The molecule has 1 rings (SSSR count). The molecule has 1 aliphatic heterocycles. The Morgan fingerprint density at radius 2 is 0.981 bits per heavy atom. The van der Waals surface area contributed by atoms with Crippen molar-refractivity contribution in [1.29, 1.82) is 0 Å². The van der Waals surface area contributed by atoms with Crippen LogP contribution >= 0.6 is 0 Å². The fraction of sp³-hybridized carbons (Fsp3) is 0.944. The summed E-state index contributed by atoms with van der Waals surface area (Å²) in [6.07, 6.45) is 20.3. The van der Waals surface area contributed by atoms with Gasteiger partial charge in [-0.1, -0.05) is 136 Å². The Morgan fingerprint density at radius 1 is 0.577 bits per heavy atom. The maximum atomic E-state index is 11.6. The number of carbonyl (C=O) groups is 2. The molecule has 52 heavy (non-hydrogen) atoms. The molecule has 310 valence electrons. The number of ether oxygens (including phenoxy) is 1. The van der Waals surface area contributed by atoms with Gasteiger partial charge in [-0.05, 0) is 38.5 Å². The topological polar surface area (TPSA) is 235 Å². The summed E-state index contributed by atoms with van der Waals surface area (Å²) in [4.78, 5) is 28.7. The molecule has 16 heteroatoms. The lowest BCUT2D eigenvalue weighted by molar-refractivity contribution is -0.234. The maximum Gasteiger partial charge on any atom is 0.342 e. The molecule has 1 heterocycles. The van der Waals surface area contributed by atoms with Gasteiger partial charge in [0.1, 0.15) is 16.6 Å². The highest BCUT2D eigenvalue weighted by molar-refractivity contribution is 7.86. The molecule has 1 saturated heterocycles. The van der Waals surface area contributed by atoms with Crippen molar-refractivity contribution in [2.45, 2.75) is 216 Å². The normalized spacial score (nSPS) is 17.4. The zero-order valence-electron chi connectivity index (χ0n) is 31.7. The smallest absolute Gasteiger partial charge is 0.342 e. The van der Waals surface area contributed by atoms with Crippen LogP contribution in [0.25, 0.3) is 0 Å². The van der Waals surface area contributed by atoms with E-state index in [4.69, 9.17) is 15.3 Å². The van der Waals surface area contributed by atoms with Crippen LogP contribution in [0.4, 0.5) is 0 Å². The van der Waals surface area contributed by atoms with Crippen LogP contribution in [0.3, 0.4) is 0 Å². The first-order valence-electron chi connectivity index (χ1n) is 19.7. The molecule has 0 aromatic heterocycles. The summed E-state index contributed by atoms with van der Waals surface area (Å²) in [5.74, 6) is -1.31. The average Bonchev–Trinajstić information content (AvgIpc) is 3.85. The number of epoxide rings is 1. The molecule has 0 spiro atoms. The Bertz CT molecular complexity index is 1120. The fourth-order valence-electron chi connectivity index (χ4n) is 6.39. The zero-order chi connectivity index (χ0) is 39.3. The summed E-state index contributed by atoms with van der Waals surface area (Å²) in [5, 5.41) is 24.5. The van der Waals surface area contributed by atoms with Gasteiger partial charge in [0.05, 0.1) is 12.2 Å². The standard InChI is InChI=1S/C18H34O7S.C18H36O7S/c1-2-3-4-5-6-9-12-15-18(24-15)16(26(21,22)23)13-10-7-8-11-14-17(19)25-20;1-2-3-4-5-8-11-14-17(26(22,23)24)16(19)13-10-7-6-9-12-15-18(20)25-21/h15-16,18,20H,2-14H2,1H3,(H,21,22,23);16-17,19,21H,2-15H2,1H3,(H,22,23,24). The Kier molecular flexibility index (Phi) is 30.0.